The predicted octanol–water partition coefficient (Wildman–Crippen LogP) is 8.06. The molecular weight excluding hydrogens is 468 g/mol. The Hall–Kier alpha value is -4.75. The number of H-pyrrole nitrogens is 1. The van der Waals surface area contributed by atoms with Crippen molar-refractivity contribution < 1.29 is 8.83 Å². The second kappa shape index (κ2) is 7.37. The fraction of sp³-hybridized carbons (Fsp3) is 0. The van der Waals surface area contributed by atoms with Crippen molar-refractivity contribution in [3.63, 3.8) is 0 Å². The summed E-state index contributed by atoms with van der Waals surface area (Å²) in [4.78, 5) is 2.05. The molecule has 8 rings (SSSR count). The zero-order chi connectivity index (χ0) is 23.6. The molecular formula is C29H16N4O2S. The van der Waals surface area contributed by atoms with E-state index in [1.165, 1.54) is 0 Å². The zero-order valence-electron chi connectivity index (χ0n) is 18.7. The molecule has 8 aromatic rings. The molecule has 7 heteroatoms. The Bertz CT molecular complexity index is 1930. The van der Waals surface area contributed by atoms with Gasteiger partial charge in [-0.3, -0.25) is 0 Å². The summed E-state index contributed by atoms with van der Waals surface area (Å²) in [5.74, 6) is 0.570. The summed E-state index contributed by atoms with van der Waals surface area (Å²) in [5.41, 5.74) is 6.77. The van der Waals surface area contributed by atoms with Gasteiger partial charge in [0.15, 0.2) is 0 Å². The van der Waals surface area contributed by atoms with Crippen molar-refractivity contribution >= 4 is 55.2 Å². The highest BCUT2D eigenvalue weighted by Crippen LogP contribution is 2.48. The number of hydrogen-bond donors (Lipinski definition) is 1. The third-order valence-corrected chi connectivity index (χ3v) is 7.80. The van der Waals surface area contributed by atoms with Gasteiger partial charge in [-0.05, 0) is 41.1 Å². The molecule has 0 bridgehead atoms. The number of para-hydroxylation sites is 2. The highest BCUT2D eigenvalue weighted by molar-refractivity contribution is 7.19. The summed E-state index contributed by atoms with van der Waals surface area (Å²) in [6, 6.07) is 31.0. The number of nitrogens with zero attached hydrogens (tertiary/aromatic N) is 3. The van der Waals surface area contributed by atoms with Crippen molar-refractivity contribution in [1.29, 1.82) is 0 Å². The quantitative estimate of drug-likeness (QED) is 0.274. The molecule has 1 N–H and O–H groups in total. The zero-order valence-corrected chi connectivity index (χ0v) is 19.5. The van der Waals surface area contributed by atoms with Gasteiger partial charge in [-0.1, -0.05) is 60.7 Å². The number of furan rings is 2. The van der Waals surface area contributed by atoms with E-state index in [-0.39, 0.29) is 0 Å². The van der Waals surface area contributed by atoms with Crippen molar-refractivity contribution in [1.82, 2.24) is 20.6 Å². The first-order chi connectivity index (χ1) is 17.8. The smallest absolute Gasteiger partial charge is 0.214 e. The van der Waals surface area contributed by atoms with Crippen LogP contribution in [0.25, 0.3) is 76.1 Å². The van der Waals surface area contributed by atoms with Crippen LogP contribution in [0.1, 0.15) is 0 Å². The largest absolute Gasteiger partial charge is 0.456 e. The molecule has 36 heavy (non-hydrogen) atoms. The topological polar surface area (TPSA) is 80.7 Å². The van der Waals surface area contributed by atoms with Crippen LogP contribution in [0.5, 0.6) is 0 Å². The Kier molecular flexibility index (Phi) is 4.00. The Balaban J connectivity index is 1.50. The number of hydrogen-bond acceptors (Lipinski definition) is 6. The van der Waals surface area contributed by atoms with E-state index in [1.807, 2.05) is 60.7 Å². The monoisotopic (exact) mass is 484 g/mol. The molecule has 0 unspecified atom stereocenters. The van der Waals surface area contributed by atoms with E-state index in [1.54, 1.807) is 11.3 Å². The van der Waals surface area contributed by atoms with Gasteiger partial charge < -0.3 is 8.83 Å². The lowest BCUT2D eigenvalue weighted by atomic mass is 9.95. The molecule has 0 radical (unpaired) electrons. The van der Waals surface area contributed by atoms with Crippen LogP contribution in [0.4, 0.5) is 0 Å². The molecule has 0 saturated carbocycles. The van der Waals surface area contributed by atoms with Gasteiger partial charge in [-0.2, -0.15) is 5.21 Å². The molecule has 0 aliphatic heterocycles. The average Bonchev–Trinajstić information content (AvgIpc) is 3.71. The summed E-state index contributed by atoms with van der Waals surface area (Å²) < 4.78 is 12.4. The minimum atomic E-state index is 0.570. The maximum atomic E-state index is 6.20. The van der Waals surface area contributed by atoms with Crippen LogP contribution >= 0.6 is 11.3 Å². The summed E-state index contributed by atoms with van der Waals surface area (Å²) in [6.07, 6.45) is 0. The second-order valence-corrected chi connectivity index (χ2v) is 9.69. The molecule has 4 heterocycles. The molecule has 0 saturated heterocycles. The van der Waals surface area contributed by atoms with Crippen molar-refractivity contribution in [3.05, 3.63) is 91.0 Å². The lowest BCUT2D eigenvalue weighted by Crippen LogP contribution is -1.82. The van der Waals surface area contributed by atoms with E-state index in [9.17, 15) is 0 Å². The maximum absolute atomic E-state index is 6.20. The minimum Gasteiger partial charge on any atom is -0.456 e. The molecule has 170 valence electrons. The van der Waals surface area contributed by atoms with Crippen LogP contribution in [0.15, 0.2) is 99.8 Å². The lowest BCUT2D eigenvalue weighted by Gasteiger charge is -2.08. The van der Waals surface area contributed by atoms with Crippen LogP contribution < -0.4 is 0 Å². The predicted molar refractivity (Wildman–Crippen MR) is 143 cm³/mol. The Morgan fingerprint density at radius 2 is 1.22 bits per heavy atom. The van der Waals surface area contributed by atoms with Gasteiger partial charge in [0.1, 0.15) is 22.3 Å². The van der Waals surface area contributed by atoms with E-state index in [0.29, 0.717) is 5.82 Å². The number of thiophene rings is 1. The van der Waals surface area contributed by atoms with Gasteiger partial charge in [-0.15, -0.1) is 21.5 Å². The number of nitrogens with one attached hydrogen (secondary N) is 1. The number of benzene rings is 4. The summed E-state index contributed by atoms with van der Waals surface area (Å²) in [5, 5.41) is 19.3. The first kappa shape index (κ1) is 19.5. The fourth-order valence-electron chi connectivity index (χ4n) is 5.13. The standard InChI is InChI=1S/C29H16N4O2S/c1-3-11-21-17(7-1)26-16(9-5-13-23(26)34-21)20-15-25(29-30-32-33-31-29)36-28(20)19-10-6-14-24-27(19)18-8-2-4-12-22(18)35-24/h1-15H,(H,30,31,32,33). The van der Waals surface area contributed by atoms with E-state index in [2.05, 4.69) is 51.0 Å². The molecule has 4 aromatic heterocycles. The van der Waals surface area contributed by atoms with Crippen molar-refractivity contribution in [2.45, 2.75) is 0 Å². The maximum Gasteiger partial charge on any atom is 0.214 e. The third kappa shape index (κ3) is 2.74. The molecule has 4 aromatic carbocycles. The van der Waals surface area contributed by atoms with Crippen molar-refractivity contribution in [2.75, 3.05) is 0 Å². The van der Waals surface area contributed by atoms with E-state index >= 15 is 0 Å². The Morgan fingerprint density at radius 1 is 0.611 bits per heavy atom. The Morgan fingerprint density at radius 3 is 1.89 bits per heavy atom. The normalized spacial score (nSPS) is 11.9. The SMILES string of the molecule is c1ccc2c(c1)oc1cccc(-c3cc(-c4nn[nH]n4)sc3-c3cccc4oc5ccccc5c34)c12. The summed E-state index contributed by atoms with van der Waals surface area (Å²) in [7, 11) is 0. The molecule has 6 nitrogen and oxygen atoms in total. The number of aromatic amines is 1. The van der Waals surface area contributed by atoms with Crippen LogP contribution in [0.3, 0.4) is 0 Å². The van der Waals surface area contributed by atoms with Gasteiger partial charge >= 0.3 is 0 Å². The minimum absolute atomic E-state index is 0.570. The highest BCUT2D eigenvalue weighted by atomic mass is 32.1. The van der Waals surface area contributed by atoms with Gasteiger partial charge in [0.05, 0.1) is 4.88 Å². The first-order valence-corrected chi connectivity index (χ1v) is 12.4. The van der Waals surface area contributed by atoms with Crippen LogP contribution in [-0.2, 0) is 0 Å². The fourth-order valence-corrected chi connectivity index (χ4v) is 6.26. The molecule has 0 aliphatic carbocycles. The third-order valence-electron chi connectivity index (χ3n) is 6.64. The molecule has 0 fully saturated rings. The van der Waals surface area contributed by atoms with Crippen LogP contribution in [-0.4, -0.2) is 20.6 Å². The molecule has 0 spiro atoms. The summed E-state index contributed by atoms with van der Waals surface area (Å²) in [6.45, 7) is 0. The van der Waals surface area contributed by atoms with Crippen LogP contribution in [0.2, 0.25) is 0 Å². The second-order valence-electron chi connectivity index (χ2n) is 8.64. The van der Waals surface area contributed by atoms with E-state index < -0.39 is 0 Å². The van der Waals surface area contributed by atoms with E-state index in [0.717, 1.165) is 70.3 Å². The lowest BCUT2D eigenvalue weighted by molar-refractivity contribution is 0.668. The molecule has 0 aliphatic rings. The number of rotatable bonds is 3. The highest BCUT2D eigenvalue weighted by Gasteiger charge is 2.22. The van der Waals surface area contributed by atoms with Crippen LogP contribution in [0, 0.1) is 0 Å². The first-order valence-electron chi connectivity index (χ1n) is 11.5. The molecule has 0 atom stereocenters. The summed E-state index contributed by atoms with van der Waals surface area (Å²) >= 11 is 1.65. The number of aromatic nitrogens is 4. The van der Waals surface area contributed by atoms with Gasteiger partial charge in [0.25, 0.3) is 0 Å². The average molecular weight is 485 g/mol. The van der Waals surface area contributed by atoms with Gasteiger partial charge in [0, 0.05) is 37.5 Å². The van der Waals surface area contributed by atoms with Crippen molar-refractivity contribution in [2.24, 2.45) is 0 Å². The van der Waals surface area contributed by atoms with Crippen molar-refractivity contribution in [3.8, 4) is 32.3 Å². The Labute approximate surface area is 207 Å². The van der Waals surface area contributed by atoms with Gasteiger partial charge in [0.2, 0.25) is 5.82 Å². The molecule has 0 amide bonds. The number of fused-ring (bicyclic) bond motifs is 6. The number of tetrazole rings is 1. The van der Waals surface area contributed by atoms with E-state index in [4.69, 9.17) is 8.83 Å². The van der Waals surface area contributed by atoms with Gasteiger partial charge in [-0.25, -0.2) is 0 Å².